The van der Waals surface area contributed by atoms with Crippen LogP contribution in [0.4, 0.5) is 3.89 Å². The highest BCUT2D eigenvalue weighted by atomic mass is 32.3. The monoisotopic (exact) mass is 188 g/mol. The van der Waals surface area contributed by atoms with Crippen LogP contribution in [-0.2, 0) is 10.2 Å². The Bertz CT molecular complexity index is 380. The SMILES string of the molecule is O=Cc1ccc(S(=O)(=O)F)cc1. The Morgan fingerprint density at radius 1 is 1.17 bits per heavy atom. The van der Waals surface area contributed by atoms with Gasteiger partial charge in [-0.2, -0.15) is 8.42 Å². The van der Waals surface area contributed by atoms with Crippen LogP contribution in [0.2, 0.25) is 0 Å². The van der Waals surface area contributed by atoms with Gasteiger partial charge in [0.2, 0.25) is 0 Å². The summed E-state index contributed by atoms with van der Waals surface area (Å²) in [6.07, 6.45) is 0.550. The molecular formula is C7H5FO3S. The predicted octanol–water partition coefficient (Wildman–Crippen LogP) is 1.16. The van der Waals surface area contributed by atoms with Gasteiger partial charge in [-0.25, -0.2) is 0 Å². The summed E-state index contributed by atoms with van der Waals surface area (Å²) in [7, 11) is -4.64. The second-order valence-corrected chi connectivity index (χ2v) is 3.47. The first-order valence-corrected chi connectivity index (χ1v) is 4.42. The van der Waals surface area contributed by atoms with Gasteiger partial charge in [0.05, 0.1) is 4.90 Å². The third-order valence-electron chi connectivity index (χ3n) is 1.30. The van der Waals surface area contributed by atoms with Gasteiger partial charge in [0.15, 0.2) is 0 Å². The van der Waals surface area contributed by atoms with Crippen molar-refractivity contribution in [1.82, 2.24) is 0 Å². The van der Waals surface area contributed by atoms with Crippen LogP contribution in [0, 0.1) is 0 Å². The van der Waals surface area contributed by atoms with E-state index in [-0.39, 0.29) is 0 Å². The normalized spacial score (nSPS) is 11.1. The predicted molar refractivity (Wildman–Crippen MR) is 40.1 cm³/mol. The first-order chi connectivity index (χ1) is 5.54. The lowest BCUT2D eigenvalue weighted by Gasteiger charge is -1.93. The summed E-state index contributed by atoms with van der Waals surface area (Å²) in [4.78, 5) is 9.69. The molecule has 12 heavy (non-hydrogen) atoms. The minimum Gasteiger partial charge on any atom is -0.298 e. The van der Waals surface area contributed by atoms with Gasteiger partial charge in [0.1, 0.15) is 6.29 Å². The lowest BCUT2D eigenvalue weighted by Crippen LogP contribution is -1.91. The van der Waals surface area contributed by atoms with Gasteiger partial charge in [0, 0.05) is 5.56 Å². The molecule has 0 radical (unpaired) electrons. The van der Waals surface area contributed by atoms with Crippen LogP contribution >= 0.6 is 0 Å². The van der Waals surface area contributed by atoms with Gasteiger partial charge < -0.3 is 0 Å². The summed E-state index contributed by atoms with van der Waals surface area (Å²) in [6, 6.07) is 4.55. The maximum atomic E-state index is 12.2. The largest absolute Gasteiger partial charge is 0.332 e. The minimum atomic E-state index is -4.64. The zero-order valence-electron chi connectivity index (χ0n) is 5.90. The summed E-state index contributed by atoms with van der Waals surface area (Å²) in [5, 5.41) is 0. The van der Waals surface area contributed by atoms with E-state index in [4.69, 9.17) is 0 Å². The van der Waals surface area contributed by atoms with E-state index in [2.05, 4.69) is 0 Å². The second kappa shape index (κ2) is 3.02. The summed E-state index contributed by atoms with van der Waals surface area (Å²) in [6.45, 7) is 0. The number of halogens is 1. The number of aldehydes is 1. The fourth-order valence-corrected chi connectivity index (χ4v) is 1.17. The maximum absolute atomic E-state index is 12.2. The summed E-state index contributed by atoms with van der Waals surface area (Å²) >= 11 is 0. The molecule has 0 aliphatic rings. The third kappa shape index (κ3) is 1.88. The van der Waals surface area contributed by atoms with Crippen LogP contribution < -0.4 is 0 Å². The zero-order valence-corrected chi connectivity index (χ0v) is 6.71. The molecule has 0 spiro atoms. The van der Waals surface area contributed by atoms with Crippen molar-refractivity contribution in [3.05, 3.63) is 29.8 Å². The van der Waals surface area contributed by atoms with Crippen molar-refractivity contribution in [3.8, 4) is 0 Å². The molecule has 1 aromatic rings. The zero-order chi connectivity index (χ0) is 9.19. The molecule has 0 bridgehead atoms. The number of hydrogen-bond donors (Lipinski definition) is 0. The van der Waals surface area contributed by atoms with Gasteiger partial charge >= 0.3 is 10.2 Å². The van der Waals surface area contributed by atoms with Crippen molar-refractivity contribution in [1.29, 1.82) is 0 Å². The fourth-order valence-electron chi connectivity index (χ4n) is 0.709. The van der Waals surface area contributed by atoms with Crippen molar-refractivity contribution < 1.29 is 17.1 Å². The number of carbonyl (C=O) groups is 1. The highest BCUT2D eigenvalue weighted by molar-refractivity contribution is 7.86. The Morgan fingerprint density at radius 2 is 1.67 bits per heavy atom. The molecule has 0 atom stereocenters. The first kappa shape index (κ1) is 8.86. The third-order valence-corrected chi connectivity index (χ3v) is 2.13. The Kier molecular flexibility index (Phi) is 2.23. The van der Waals surface area contributed by atoms with Gasteiger partial charge in [-0.3, -0.25) is 4.79 Å². The minimum absolute atomic E-state index is 0.308. The smallest absolute Gasteiger partial charge is 0.298 e. The van der Waals surface area contributed by atoms with Crippen molar-refractivity contribution in [2.45, 2.75) is 4.90 Å². The van der Waals surface area contributed by atoms with E-state index in [1.54, 1.807) is 0 Å². The molecule has 0 aliphatic carbocycles. The number of benzene rings is 1. The Morgan fingerprint density at radius 3 is 2.00 bits per heavy atom. The Balaban J connectivity index is 3.17. The average Bonchev–Trinajstić information content (AvgIpc) is 2.03. The van der Waals surface area contributed by atoms with E-state index in [1.165, 1.54) is 12.1 Å². The van der Waals surface area contributed by atoms with Crippen LogP contribution in [0.1, 0.15) is 10.4 Å². The molecular weight excluding hydrogens is 183 g/mol. The van der Waals surface area contributed by atoms with Crippen LogP contribution in [0.5, 0.6) is 0 Å². The van der Waals surface area contributed by atoms with E-state index in [9.17, 15) is 17.1 Å². The van der Waals surface area contributed by atoms with E-state index in [0.29, 0.717) is 11.8 Å². The van der Waals surface area contributed by atoms with E-state index < -0.39 is 15.1 Å². The molecule has 0 heterocycles. The molecule has 1 rings (SSSR count). The highest BCUT2D eigenvalue weighted by Crippen LogP contribution is 2.11. The summed E-state index contributed by atoms with van der Waals surface area (Å²) in [5.74, 6) is 0. The molecule has 0 aromatic heterocycles. The lowest BCUT2D eigenvalue weighted by atomic mass is 10.2. The van der Waals surface area contributed by atoms with Crippen LogP contribution in [0.25, 0.3) is 0 Å². The second-order valence-electron chi connectivity index (χ2n) is 2.12. The molecule has 5 heteroatoms. The fraction of sp³-hybridized carbons (Fsp3) is 0. The number of hydrogen-bond acceptors (Lipinski definition) is 3. The summed E-state index contributed by atoms with van der Waals surface area (Å²) in [5.41, 5.74) is 0.308. The van der Waals surface area contributed by atoms with Crippen LogP contribution in [0.3, 0.4) is 0 Å². The van der Waals surface area contributed by atoms with Gasteiger partial charge in [0.25, 0.3) is 0 Å². The van der Waals surface area contributed by atoms with E-state index in [1.807, 2.05) is 0 Å². The average molecular weight is 188 g/mol. The van der Waals surface area contributed by atoms with E-state index in [0.717, 1.165) is 12.1 Å². The highest BCUT2D eigenvalue weighted by Gasteiger charge is 2.10. The molecule has 0 aliphatic heterocycles. The molecule has 0 fully saturated rings. The molecule has 0 N–H and O–H groups in total. The molecule has 0 unspecified atom stereocenters. The molecule has 0 amide bonds. The number of rotatable bonds is 2. The molecule has 0 saturated carbocycles. The summed E-state index contributed by atoms with van der Waals surface area (Å²) < 4.78 is 32.8. The van der Waals surface area contributed by atoms with Crippen LogP contribution in [-0.4, -0.2) is 14.7 Å². The molecule has 3 nitrogen and oxygen atoms in total. The van der Waals surface area contributed by atoms with Crippen LogP contribution in [0.15, 0.2) is 29.2 Å². The van der Waals surface area contributed by atoms with Crippen molar-refractivity contribution in [2.75, 3.05) is 0 Å². The molecule has 0 saturated heterocycles. The van der Waals surface area contributed by atoms with Gasteiger partial charge in [-0.1, -0.05) is 12.1 Å². The van der Waals surface area contributed by atoms with Crippen molar-refractivity contribution in [3.63, 3.8) is 0 Å². The Labute approximate surface area is 69.0 Å². The lowest BCUT2D eigenvalue weighted by molar-refractivity contribution is 0.112. The standard InChI is InChI=1S/C7H5FO3S/c8-12(10,11)7-3-1-6(5-9)2-4-7/h1-5H. The maximum Gasteiger partial charge on any atom is 0.332 e. The molecule has 1 aromatic carbocycles. The number of carbonyl (C=O) groups excluding carboxylic acids is 1. The van der Waals surface area contributed by atoms with Gasteiger partial charge in [-0.15, -0.1) is 3.89 Å². The van der Waals surface area contributed by atoms with Gasteiger partial charge in [-0.05, 0) is 12.1 Å². The quantitative estimate of drug-likeness (QED) is 0.517. The van der Waals surface area contributed by atoms with E-state index >= 15 is 0 Å². The van der Waals surface area contributed by atoms with Crippen molar-refractivity contribution >= 4 is 16.5 Å². The van der Waals surface area contributed by atoms with Crippen molar-refractivity contribution in [2.24, 2.45) is 0 Å². The molecule has 64 valence electrons. The first-order valence-electron chi connectivity index (χ1n) is 3.04. The Hall–Kier alpha value is -1.23. The topological polar surface area (TPSA) is 51.2 Å².